The maximum Gasteiger partial charge on any atom is 0.243 e. The molecule has 1 aromatic carbocycles. The second-order valence-electron chi connectivity index (χ2n) is 4.87. The lowest BCUT2D eigenvalue weighted by atomic mass is 10.1. The molecule has 0 unspecified atom stereocenters. The van der Waals surface area contributed by atoms with Crippen LogP contribution in [-0.2, 0) is 10.0 Å². The van der Waals surface area contributed by atoms with Crippen molar-refractivity contribution in [3.8, 4) is 5.75 Å². The number of ether oxygens (including phenoxy) is 1. The summed E-state index contributed by atoms with van der Waals surface area (Å²) < 4.78 is 31.9. The number of hydrogen-bond acceptors (Lipinski definition) is 4. The summed E-state index contributed by atoms with van der Waals surface area (Å²) >= 11 is 0. The van der Waals surface area contributed by atoms with Crippen molar-refractivity contribution in [3.63, 3.8) is 0 Å². The van der Waals surface area contributed by atoms with Gasteiger partial charge in [0.2, 0.25) is 10.0 Å². The van der Waals surface area contributed by atoms with Gasteiger partial charge in [0.15, 0.2) is 0 Å². The second-order valence-corrected chi connectivity index (χ2v) is 6.78. The van der Waals surface area contributed by atoms with Crippen molar-refractivity contribution >= 4 is 15.7 Å². The molecule has 106 valence electrons. The molecule has 1 saturated heterocycles. The van der Waals surface area contributed by atoms with Gasteiger partial charge in [-0.2, -0.15) is 4.31 Å². The quantitative estimate of drug-likeness (QED) is 0.857. The number of anilines is 1. The van der Waals surface area contributed by atoms with Crippen LogP contribution in [0.5, 0.6) is 5.75 Å². The number of nitrogen functional groups attached to an aromatic ring is 1. The van der Waals surface area contributed by atoms with Gasteiger partial charge in [-0.05, 0) is 43.9 Å². The van der Waals surface area contributed by atoms with Gasteiger partial charge in [0.1, 0.15) is 5.75 Å². The first-order valence-electron chi connectivity index (χ1n) is 6.33. The second kappa shape index (κ2) is 5.02. The van der Waals surface area contributed by atoms with Crippen LogP contribution in [-0.4, -0.2) is 32.9 Å². The van der Waals surface area contributed by atoms with E-state index in [1.807, 2.05) is 0 Å². The fourth-order valence-corrected chi connectivity index (χ4v) is 4.33. The van der Waals surface area contributed by atoms with E-state index in [1.54, 1.807) is 19.9 Å². The summed E-state index contributed by atoms with van der Waals surface area (Å²) in [6.45, 7) is 4.71. The average molecular weight is 284 g/mol. The molecule has 5 nitrogen and oxygen atoms in total. The Kier molecular flexibility index (Phi) is 3.73. The van der Waals surface area contributed by atoms with Crippen LogP contribution in [0.2, 0.25) is 0 Å². The third kappa shape index (κ3) is 2.30. The Labute approximate surface area is 114 Å². The van der Waals surface area contributed by atoms with Gasteiger partial charge in [-0.1, -0.05) is 0 Å². The van der Waals surface area contributed by atoms with Gasteiger partial charge in [0.05, 0.1) is 17.7 Å². The van der Waals surface area contributed by atoms with Gasteiger partial charge in [-0.3, -0.25) is 0 Å². The van der Waals surface area contributed by atoms with E-state index in [-0.39, 0.29) is 0 Å². The Hall–Kier alpha value is -1.27. The minimum atomic E-state index is -3.44. The summed E-state index contributed by atoms with van der Waals surface area (Å²) in [6, 6.07) is 1.65. The number of benzene rings is 1. The number of sulfonamides is 1. The van der Waals surface area contributed by atoms with Crippen LogP contribution in [0.15, 0.2) is 11.0 Å². The summed E-state index contributed by atoms with van der Waals surface area (Å²) in [5, 5.41) is 0. The van der Waals surface area contributed by atoms with Gasteiger partial charge < -0.3 is 10.5 Å². The summed E-state index contributed by atoms with van der Waals surface area (Å²) in [4.78, 5) is 0.296. The smallest absolute Gasteiger partial charge is 0.243 e. The Balaban J connectivity index is 2.57. The first-order valence-corrected chi connectivity index (χ1v) is 7.77. The third-order valence-electron chi connectivity index (χ3n) is 3.61. The van der Waals surface area contributed by atoms with E-state index in [1.165, 1.54) is 11.4 Å². The van der Waals surface area contributed by atoms with E-state index in [0.717, 1.165) is 18.4 Å². The van der Waals surface area contributed by atoms with E-state index in [9.17, 15) is 8.42 Å². The number of aryl methyl sites for hydroxylation is 1. The Bertz CT molecular complexity index is 590. The summed E-state index contributed by atoms with van der Waals surface area (Å²) in [6.07, 6.45) is 1.84. The lowest BCUT2D eigenvalue weighted by Gasteiger charge is -2.20. The Morgan fingerprint density at radius 3 is 2.37 bits per heavy atom. The zero-order chi connectivity index (χ0) is 14.2. The fourth-order valence-electron chi connectivity index (χ4n) is 2.49. The van der Waals surface area contributed by atoms with Crippen LogP contribution in [0.1, 0.15) is 24.0 Å². The van der Waals surface area contributed by atoms with Crippen LogP contribution < -0.4 is 10.5 Å². The van der Waals surface area contributed by atoms with Gasteiger partial charge in [0, 0.05) is 13.1 Å². The summed E-state index contributed by atoms with van der Waals surface area (Å²) in [7, 11) is -1.91. The molecule has 1 aliphatic heterocycles. The standard InChI is InChI=1S/C13H20N2O3S/c1-9-8-11(10(2)12(14)13(9)18-3)19(16,17)15-6-4-5-7-15/h8H,4-7,14H2,1-3H3. The topological polar surface area (TPSA) is 72.6 Å². The van der Waals surface area contributed by atoms with Gasteiger partial charge in [-0.25, -0.2) is 8.42 Å². The summed E-state index contributed by atoms with van der Waals surface area (Å²) in [5.74, 6) is 0.554. The minimum absolute atomic E-state index is 0.296. The maximum atomic E-state index is 12.6. The molecule has 1 fully saturated rings. The molecule has 0 saturated carbocycles. The highest BCUT2D eigenvalue weighted by molar-refractivity contribution is 7.89. The van der Waals surface area contributed by atoms with Crippen LogP contribution >= 0.6 is 0 Å². The zero-order valence-electron chi connectivity index (χ0n) is 11.6. The van der Waals surface area contributed by atoms with Crippen LogP contribution in [0.3, 0.4) is 0 Å². The largest absolute Gasteiger partial charge is 0.494 e. The number of methoxy groups -OCH3 is 1. The predicted octanol–water partition coefficient (Wildman–Crippen LogP) is 1.68. The monoisotopic (exact) mass is 284 g/mol. The van der Waals surface area contributed by atoms with Crippen molar-refractivity contribution in [2.24, 2.45) is 0 Å². The van der Waals surface area contributed by atoms with E-state index >= 15 is 0 Å². The molecule has 1 aliphatic rings. The van der Waals surface area contributed by atoms with E-state index in [0.29, 0.717) is 35.0 Å². The molecule has 0 spiro atoms. The molecule has 0 aromatic heterocycles. The Morgan fingerprint density at radius 1 is 1.26 bits per heavy atom. The molecule has 0 radical (unpaired) electrons. The lowest BCUT2D eigenvalue weighted by Crippen LogP contribution is -2.28. The zero-order valence-corrected chi connectivity index (χ0v) is 12.4. The molecule has 0 amide bonds. The molecule has 0 bridgehead atoms. The molecule has 0 atom stereocenters. The number of nitrogens with two attached hydrogens (primary N) is 1. The van der Waals surface area contributed by atoms with E-state index < -0.39 is 10.0 Å². The SMILES string of the molecule is COc1c(C)cc(S(=O)(=O)N2CCCC2)c(C)c1N. The van der Waals surface area contributed by atoms with Crippen molar-refractivity contribution in [2.75, 3.05) is 25.9 Å². The van der Waals surface area contributed by atoms with E-state index in [4.69, 9.17) is 10.5 Å². The maximum absolute atomic E-state index is 12.6. The van der Waals surface area contributed by atoms with Gasteiger partial charge in [0.25, 0.3) is 0 Å². The van der Waals surface area contributed by atoms with Crippen molar-refractivity contribution in [2.45, 2.75) is 31.6 Å². The minimum Gasteiger partial charge on any atom is -0.494 e. The van der Waals surface area contributed by atoms with Crippen LogP contribution in [0.25, 0.3) is 0 Å². The van der Waals surface area contributed by atoms with Crippen molar-refractivity contribution < 1.29 is 13.2 Å². The van der Waals surface area contributed by atoms with Gasteiger partial charge >= 0.3 is 0 Å². The molecule has 6 heteroatoms. The molecule has 19 heavy (non-hydrogen) atoms. The Morgan fingerprint density at radius 2 is 1.84 bits per heavy atom. The number of rotatable bonds is 3. The van der Waals surface area contributed by atoms with Crippen molar-refractivity contribution in [1.29, 1.82) is 0 Å². The van der Waals surface area contributed by atoms with Crippen molar-refractivity contribution in [3.05, 3.63) is 17.2 Å². The highest BCUT2D eigenvalue weighted by Gasteiger charge is 2.30. The van der Waals surface area contributed by atoms with Gasteiger partial charge in [-0.15, -0.1) is 0 Å². The fraction of sp³-hybridized carbons (Fsp3) is 0.538. The molecule has 2 N–H and O–H groups in total. The number of hydrogen-bond donors (Lipinski definition) is 1. The highest BCUT2D eigenvalue weighted by Crippen LogP contribution is 2.35. The molecule has 0 aliphatic carbocycles. The molecular weight excluding hydrogens is 264 g/mol. The molecule has 1 aromatic rings. The average Bonchev–Trinajstić information content (AvgIpc) is 2.88. The third-order valence-corrected chi connectivity index (χ3v) is 5.64. The molecule has 2 rings (SSSR count). The molecule has 1 heterocycles. The normalized spacial score (nSPS) is 16.8. The first-order chi connectivity index (χ1) is 8.89. The van der Waals surface area contributed by atoms with Crippen LogP contribution in [0, 0.1) is 13.8 Å². The van der Waals surface area contributed by atoms with Crippen molar-refractivity contribution in [1.82, 2.24) is 4.31 Å². The predicted molar refractivity (Wildman–Crippen MR) is 74.9 cm³/mol. The van der Waals surface area contributed by atoms with Crippen LogP contribution in [0.4, 0.5) is 5.69 Å². The number of nitrogens with zero attached hydrogens (tertiary/aromatic N) is 1. The molecular formula is C13H20N2O3S. The first kappa shape index (κ1) is 14.1. The highest BCUT2D eigenvalue weighted by atomic mass is 32.2. The lowest BCUT2D eigenvalue weighted by molar-refractivity contribution is 0.413. The summed E-state index contributed by atoms with van der Waals surface area (Å²) in [5.41, 5.74) is 7.69. The van der Waals surface area contributed by atoms with E-state index in [2.05, 4.69) is 0 Å².